The third kappa shape index (κ3) is 3.51. The molecule has 2 nitrogen and oxygen atoms in total. The highest BCUT2D eigenvalue weighted by Crippen LogP contribution is 2.19. The van der Waals surface area contributed by atoms with E-state index in [0.717, 1.165) is 0 Å². The van der Waals surface area contributed by atoms with Crippen LogP contribution in [0.1, 0.15) is 15.9 Å². The fourth-order valence-electron chi connectivity index (χ4n) is 1.58. The normalized spacial score (nSPS) is 10.5. The van der Waals surface area contributed by atoms with Crippen molar-refractivity contribution in [2.24, 2.45) is 0 Å². The molecule has 0 radical (unpaired) electrons. The Bertz CT molecular complexity index is 582. The molecule has 0 aromatic heterocycles. The predicted molar refractivity (Wildman–Crippen MR) is 68.0 cm³/mol. The standard InChI is InChI=1S/C14H9ClF2O2/c15-11-6-4-9(5-7-11)13(18)10-2-1-3-12(8-10)19-14(16)17/h1-8,14H. The smallest absolute Gasteiger partial charge is 0.387 e. The molecule has 5 heteroatoms. The number of carbonyl (C=O) groups is 1. The summed E-state index contributed by atoms with van der Waals surface area (Å²) in [5, 5.41) is 0.520. The Morgan fingerprint density at radius 1 is 1.05 bits per heavy atom. The summed E-state index contributed by atoms with van der Waals surface area (Å²) in [6.45, 7) is -2.92. The molecular weight excluding hydrogens is 274 g/mol. The van der Waals surface area contributed by atoms with E-state index >= 15 is 0 Å². The van der Waals surface area contributed by atoms with Gasteiger partial charge >= 0.3 is 6.61 Å². The summed E-state index contributed by atoms with van der Waals surface area (Å²) in [7, 11) is 0. The minimum Gasteiger partial charge on any atom is -0.435 e. The first-order chi connectivity index (χ1) is 9.06. The van der Waals surface area contributed by atoms with E-state index in [1.165, 1.54) is 24.3 Å². The molecule has 0 N–H and O–H groups in total. The Hall–Kier alpha value is -1.94. The lowest BCUT2D eigenvalue weighted by molar-refractivity contribution is -0.0498. The first kappa shape index (κ1) is 13.5. The summed E-state index contributed by atoms with van der Waals surface area (Å²) in [5.41, 5.74) is 0.707. The van der Waals surface area contributed by atoms with Crippen molar-refractivity contribution < 1.29 is 18.3 Å². The molecule has 2 aromatic rings. The number of alkyl halides is 2. The summed E-state index contributed by atoms with van der Waals surface area (Å²) in [4.78, 5) is 12.1. The third-order valence-electron chi connectivity index (χ3n) is 2.43. The summed E-state index contributed by atoms with van der Waals surface area (Å²) < 4.78 is 28.5. The molecule has 0 saturated heterocycles. The Kier molecular flexibility index (Phi) is 4.12. The lowest BCUT2D eigenvalue weighted by atomic mass is 10.0. The number of ketones is 1. The highest BCUT2D eigenvalue weighted by atomic mass is 35.5. The van der Waals surface area contributed by atoms with Gasteiger partial charge in [-0.15, -0.1) is 0 Å². The zero-order valence-electron chi connectivity index (χ0n) is 9.65. The second kappa shape index (κ2) is 5.80. The van der Waals surface area contributed by atoms with Gasteiger partial charge in [0.1, 0.15) is 5.75 Å². The maximum atomic E-state index is 12.1. The van der Waals surface area contributed by atoms with E-state index in [1.807, 2.05) is 0 Å². The van der Waals surface area contributed by atoms with Crippen LogP contribution in [-0.2, 0) is 0 Å². The molecule has 0 saturated carbocycles. The van der Waals surface area contributed by atoms with Gasteiger partial charge in [0.25, 0.3) is 0 Å². The molecule has 0 unspecified atom stereocenters. The zero-order valence-corrected chi connectivity index (χ0v) is 10.4. The van der Waals surface area contributed by atoms with Crippen LogP contribution in [0.15, 0.2) is 48.5 Å². The fourth-order valence-corrected chi connectivity index (χ4v) is 1.71. The van der Waals surface area contributed by atoms with E-state index in [2.05, 4.69) is 4.74 Å². The molecule has 0 bridgehead atoms. The second-order valence-corrected chi connectivity index (χ2v) is 4.18. The van der Waals surface area contributed by atoms with Crippen molar-refractivity contribution in [3.8, 4) is 5.75 Å². The van der Waals surface area contributed by atoms with Gasteiger partial charge in [0.15, 0.2) is 5.78 Å². The number of carbonyl (C=O) groups excluding carboxylic acids is 1. The SMILES string of the molecule is O=C(c1ccc(Cl)cc1)c1cccc(OC(F)F)c1. The topological polar surface area (TPSA) is 26.3 Å². The van der Waals surface area contributed by atoms with Gasteiger partial charge in [0.05, 0.1) is 0 Å². The number of hydrogen-bond donors (Lipinski definition) is 0. The van der Waals surface area contributed by atoms with E-state index < -0.39 is 6.61 Å². The van der Waals surface area contributed by atoms with Crippen LogP contribution in [0.4, 0.5) is 8.78 Å². The van der Waals surface area contributed by atoms with E-state index in [0.29, 0.717) is 10.6 Å². The van der Waals surface area contributed by atoms with E-state index in [-0.39, 0.29) is 17.1 Å². The first-order valence-electron chi connectivity index (χ1n) is 5.41. The maximum absolute atomic E-state index is 12.1. The summed E-state index contributed by atoms with van der Waals surface area (Å²) >= 11 is 5.73. The Morgan fingerprint density at radius 2 is 1.74 bits per heavy atom. The van der Waals surface area contributed by atoms with Crippen LogP contribution in [0, 0.1) is 0 Å². The maximum Gasteiger partial charge on any atom is 0.387 e. The number of halogens is 3. The molecule has 0 aliphatic rings. The van der Waals surface area contributed by atoms with Gasteiger partial charge in [-0.1, -0.05) is 23.7 Å². The van der Waals surface area contributed by atoms with Crippen molar-refractivity contribution in [3.63, 3.8) is 0 Å². The monoisotopic (exact) mass is 282 g/mol. The van der Waals surface area contributed by atoms with Gasteiger partial charge in [-0.2, -0.15) is 8.78 Å². The average molecular weight is 283 g/mol. The van der Waals surface area contributed by atoms with Crippen LogP contribution < -0.4 is 4.74 Å². The van der Waals surface area contributed by atoms with E-state index in [9.17, 15) is 13.6 Å². The van der Waals surface area contributed by atoms with Crippen LogP contribution in [-0.4, -0.2) is 12.4 Å². The minimum atomic E-state index is -2.92. The van der Waals surface area contributed by atoms with Crippen molar-refractivity contribution in [1.29, 1.82) is 0 Å². The van der Waals surface area contributed by atoms with Gasteiger partial charge in [-0.05, 0) is 36.4 Å². The van der Waals surface area contributed by atoms with E-state index in [1.54, 1.807) is 24.3 Å². The Labute approximate surface area is 113 Å². The van der Waals surface area contributed by atoms with Gasteiger partial charge in [-0.25, -0.2) is 0 Å². The molecule has 19 heavy (non-hydrogen) atoms. The lowest BCUT2D eigenvalue weighted by Gasteiger charge is -2.06. The Morgan fingerprint density at radius 3 is 2.37 bits per heavy atom. The van der Waals surface area contributed by atoms with Gasteiger partial charge in [0.2, 0.25) is 0 Å². The highest BCUT2D eigenvalue weighted by molar-refractivity contribution is 6.30. The van der Waals surface area contributed by atoms with Crippen LogP contribution in [0.5, 0.6) is 5.75 Å². The molecule has 0 spiro atoms. The van der Waals surface area contributed by atoms with Crippen molar-refractivity contribution in [2.75, 3.05) is 0 Å². The molecule has 2 aromatic carbocycles. The number of ether oxygens (including phenoxy) is 1. The highest BCUT2D eigenvalue weighted by Gasteiger charge is 2.11. The summed E-state index contributed by atoms with van der Waals surface area (Å²) in [6, 6.07) is 12.0. The van der Waals surface area contributed by atoms with Crippen LogP contribution in [0.3, 0.4) is 0 Å². The minimum absolute atomic E-state index is 0.0465. The predicted octanol–water partition coefficient (Wildman–Crippen LogP) is 4.17. The van der Waals surface area contributed by atoms with E-state index in [4.69, 9.17) is 11.6 Å². The molecule has 0 atom stereocenters. The van der Waals surface area contributed by atoms with Crippen LogP contribution in [0.2, 0.25) is 5.02 Å². The molecule has 0 amide bonds. The molecule has 0 aliphatic heterocycles. The molecule has 0 fully saturated rings. The Balaban J connectivity index is 2.26. The molecule has 2 rings (SSSR count). The number of hydrogen-bond acceptors (Lipinski definition) is 2. The van der Waals surface area contributed by atoms with Crippen molar-refractivity contribution >= 4 is 17.4 Å². The van der Waals surface area contributed by atoms with Gasteiger partial charge in [0, 0.05) is 16.1 Å². The van der Waals surface area contributed by atoms with Crippen LogP contribution >= 0.6 is 11.6 Å². The van der Waals surface area contributed by atoms with Crippen molar-refractivity contribution in [2.45, 2.75) is 6.61 Å². The zero-order chi connectivity index (χ0) is 13.8. The summed E-state index contributed by atoms with van der Waals surface area (Å²) in [6.07, 6.45) is 0. The molecule has 0 heterocycles. The number of rotatable bonds is 4. The molecular formula is C14H9ClF2O2. The lowest BCUT2D eigenvalue weighted by Crippen LogP contribution is -2.04. The fraction of sp³-hybridized carbons (Fsp3) is 0.0714. The number of benzene rings is 2. The quantitative estimate of drug-likeness (QED) is 0.787. The van der Waals surface area contributed by atoms with Crippen molar-refractivity contribution in [3.05, 3.63) is 64.7 Å². The summed E-state index contributed by atoms with van der Waals surface area (Å²) in [5.74, 6) is -0.328. The molecule has 0 aliphatic carbocycles. The second-order valence-electron chi connectivity index (χ2n) is 3.74. The van der Waals surface area contributed by atoms with Crippen LogP contribution in [0.25, 0.3) is 0 Å². The van der Waals surface area contributed by atoms with Gasteiger partial charge < -0.3 is 4.74 Å². The van der Waals surface area contributed by atoms with Crippen molar-refractivity contribution in [1.82, 2.24) is 0 Å². The molecule has 98 valence electrons. The largest absolute Gasteiger partial charge is 0.435 e. The van der Waals surface area contributed by atoms with Gasteiger partial charge in [-0.3, -0.25) is 4.79 Å². The third-order valence-corrected chi connectivity index (χ3v) is 2.68. The average Bonchev–Trinajstić information content (AvgIpc) is 2.38. The first-order valence-corrected chi connectivity index (χ1v) is 5.79.